The molecule has 0 amide bonds. The molecule has 1 aromatic carbocycles. The van der Waals surface area contributed by atoms with Gasteiger partial charge in [0.1, 0.15) is 0 Å². The highest BCUT2D eigenvalue weighted by Gasteiger charge is 2.20. The van der Waals surface area contributed by atoms with Crippen LogP contribution < -0.4 is 0 Å². The molecular weight excluding hydrogens is 328 g/mol. The molecule has 0 aromatic heterocycles. The molecule has 0 saturated carbocycles. The Bertz CT molecular complexity index is 788. The molecule has 25 heavy (non-hydrogen) atoms. The maximum absolute atomic E-state index is 12.0. The predicted molar refractivity (Wildman–Crippen MR) is 90.2 cm³/mol. The monoisotopic (exact) mass is 342 g/mol. The standard InChI is InChI=1S/C17H14N2O6/c20-17(25-9-8-13-6-4-2-1-3-5-7-13)14-10-15(18(21)22)12-16(11-14)19(23)24/h1-7,10-12H,8-9H2. The summed E-state index contributed by atoms with van der Waals surface area (Å²) in [6.45, 7) is 0.0447. The summed E-state index contributed by atoms with van der Waals surface area (Å²) in [5, 5.41) is 21.7. The molecule has 1 aliphatic carbocycles. The number of nitro benzene ring substituents is 2. The molecule has 0 fully saturated rings. The number of carbonyl (C=O) groups is 1. The van der Waals surface area contributed by atoms with Crippen molar-refractivity contribution in [3.8, 4) is 0 Å². The summed E-state index contributed by atoms with van der Waals surface area (Å²) in [6, 6.07) is 2.70. The van der Waals surface area contributed by atoms with Crippen molar-refractivity contribution in [1.29, 1.82) is 0 Å². The molecule has 0 N–H and O–H groups in total. The third-order valence-electron chi connectivity index (χ3n) is 3.25. The third kappa shape index (κ3) is 5.24. The summed E-state index contributed by atoms with van der Waals surface area (Å²) >= 11 is 0. The van der Waals surface area contributed by atoms with Crippen molar-refractivity contribution in [1.82, 2.24) is 0 Å². The van der Waals surface area contributed by atoms with Gasteiger partial charge in [-0.1, -0.05) is 42.5 Å². The molecule has 0 spiro atoms. The Balaban J connectivity index is 2.05. The lowest BCUT2D eigenvalue weighted by atomic mass is 10.1. The van der Waals surface area contributed by atoms with Crippen molar-refractivity contribution in [3.05, 3.63) is 92.1 Å². The summed E-state index contributed by atoms with van der Waals surface area (Å²) < 4.78 is 5.07. The van der Waals surface area contributed by atoms with Crippen LogP contribution in [0.5, 0.6) is 0 Å². The van der Waals surface area contributed by atoms with Gasteiger partial charge >= 0.3 is 5.97 Å². The van der Waals surface area contributed by atoms with Gasteiger partial charge in [-0.15, -0.1) is 0 Å². The fourth-order valence-electron chi connectivity index (χ4n) is 2.04. The quantitative estimate of drug-likeness (QED) is 0.443. The van der Waals surface area contributed by atoms with Gasteiger partial charge in [-0.2, -0.15) is 0 Å². The maximum Gasteiger partial charge on any atom is 0.338 e. The van der Waals surface area contributed by atoms with Gasteiger partial charge in [0.25, 0.3) is 11.4 Å². The Labute approximate surface area is 142 Å². The number of carbonyl (C=O) groups excluding carboxylic acids is 1. The number of non-ortho nitro benzene ring substituents is 2. The van der Waals surface area contributed by atoms with Gasteiger partial charge in [-0.25, -0.2) is 4.79 Å². The average Bonchev–Trinajstić information content (AvgIpc) is 2.55. The average molecular weight is 342 g/mol. The number of rotatable bonds is 6. The topological polar surface area (TPSA) is 113 Å². The number of nitrogens with zero attached hydrogens (tertiary/aromatic N) is 2. The molecule has 0 bridgehead atoms. The Morgan fingerprint density at radius 1 is 0.920 bits per heavy atom. The molecule has 0 heterocycles. The van der Waals surface area contributed by atoms with E-state index in [1.165, 1.54) is 0 Å². The third-order valence-corrected chi connectivity index (χ3v) is 3.25. The van der Waals surface area contributed by atoms with Crippen molar-refractivity contribution >= 4 is 17.3 Å². The van der Waals surface area contributed by atoms with Crippen LogP contribution in [0.25, 0.3) is 0 Å². The molecule has 0 saturated heterocycles. The first-order chi connectivity index (χ1) is 12.0. The second-order valence-electron chi connectivity index (χ2n) is 5.01. The van der Waals surface area contributed by atoms with Gasteiger partial charge in [-0.3, -0.25) is 20.2 Å². The Morgan fingerprint density at radius 3 is 2.16 bits per heavy atom. The van der Waals surface area contributed by atoms with Gasteiger partial charge in [0.15, 0.2) is 0 Å². The highest BCUT2D eigenvalue weighted by atomic mass is 16.6. The SMILES string of the molecule is O=C(OCCC1=CC=CC=CC=C1)c1cc([N+](=O)[O-])cc([N+](=O)[O-])c1. The lowest BCUT2D eigenvalue weighted by Crippen LogP contribution is -2.08. The van der Waals surface area contributed by atoms with Crippen molar-refractivity contribution < 1.29 is 19.4 Å². The highest BCUT2D eigenvalue weighted by Crippen LogP contribution is 2.23. The molecule has 0 unspecified atom stereocenters. The van der Waals surface area contributed by atoms with E-state index in [4.69, 9.17) is 4.74 Å². The first-order valence-corrected chi connectivity index (χ1v) is 7.29. The summed E-state index contributed by atoms with van der Waals surface area (Å²) in [5.74, 6) is -0.849. The summed E-state index contributed by atoms with van der Waals surface area (Å²) in [5.41, 5.74) is -0.378. The molecule has 1 aliphatic rings. The minimum atomic E-state index is -0.849. The minimum Gasteiger partial charge on any atom is -0.462 e. The van der Waals surface area contributed by atoms with E-state index in [9.17, 15) is 25.0 Å². The van der Waals surface area contributed by atoms with Gasteiger partial charge in [0.2, 0.25) is 0 Å². The van der Waals surface area contributed by atoms with Gasteiger partial charge < -0.3 is 4.74 Å². The van der Waals surface area contributed by atoms with Crippen LogP contribution in [0.15, 0.2) is 66.3 Å². The summed E-state index contributed by atoms with van der Waals surface area (Å²) in [6.07, 6.45) is 13.5. The first kappa shape index (κ1) is 17.8. The van der Waals surface area contributed by atoms with E-state index in [0.29, 0.717) is 6.42 Å². The molecule has 0 radical (unpaired) electrons. The molecule has 128 valence electrons. The van der Waals surface area contributed by atoms with E-state index >= 15 is 0 Å². The van der Waals surface area contributed by atoms with Crippen LogP contribution >= 0.6 is 0 Å². The van der Waals surface area contributed by atoms with E-state index in [1.807, 2.05) is 42.5 Å². The zero-order chi connectivity index (χ0) is 18.2. The fraction of sp³-hybridized carbons (Fsp3) is 0.118. The van der Waals surface area contributed by atoms with E-state index in [1.54, 1.807) is 0 Å². The number of hydrogen-bond donors (Lipinski definition) is 0. The Morgan fingerprint density at radius 2 is 1.52 bits per heavy atom. The van der Waals surface area contributed by atoms with Crippen LogP contribution in [0.2, 0.25) is 0 Å². The van der Waals surface area contributed by atoms with E-state index in [2.05, 4.69) is 0 Å². The lowest BCUT2D eigenvalue weighted by Gasteiger charge is -2.06. The molecule has 2 rings (SSSR count). The molecule has 8 heteroatoms. The van der Waals surface area contributed by atoms with E-state index in [-0.39, 0.29) is 12.2 Å². The number of hydrogen-bond acceptors (Lipinski definition) is 6. The number of allylic oxidation sites excluding steroid dienone is 7. The van der Waals surface area contributed by atoms with Crippen LogP contribution in [0, 0.1) is 20.2 Å². The number of benzene rings is 1. The Hall–Kier alpha value is -3.55. The van der Waals surface area contributed by atoms with Crippen LogP contribution in [0.1, 0.15) is 16.8 Å². The van der Waals surface area contributed by atoms with Crippen molar-refractivity contribution in [2.24, 2.45) is 0 Å². The zero-order valence-electron chi connectivity index (χ0n) is 13.0. The molecule has 8 nitrogen and oxygen atoms in total. The maximum atomic E-state index is 12.0. The smallest absolute Gasteiger partial charge is 0.338 e. The van der Waals surface area contributed by atoms with Crippen LogP contribution in [-0.4, -0.2) is 22.4 Å². The molecule has 1 aromatic rings. The minimum absolute atomic E-state index is 0.0447. The predicted octanol–water partition coefficient (Wildman–Crippen LogP) is 3.66. The first-order valence-electron chi connectivity index (χ1n) is 7.29. The number of esters is 1. The van der Waals surface area contributed by atoms with E-state index < -0.39 is 27.2 Å². The number of nitro groups is 2. The Kier molecular flexibility index (Phi) is 5.94. The number of ether oxygens (including phenoxy) is 1. The van der Waals surface area contributed by atoms with Crippen LogP contribution in [0.3, 0.4) is 0 Å². The normalized spacial score (nSPS) is 12.9. The molecule has 0 atom stereocenters. The zero-order valence-corrected chi connectivity index (χ0v) is 13.0. The molecular formula is C17H14N2O6. The van der Waals surface area contributed by atoms with Gasteiger partial charge in [0, 0.05) is 18.6 Å². The lowest BCUT2D eigenvalue weighted by molar-refractivity contribution is -0.394. The highest BCUT2D eigenvalue weighted by molar-refractivity contribution is 5.91. The van der Waals surface area contributed by atoms with Crippen molar-refractivity contribution in [2.75, 3.05) is 6.61 Å². The van der Waals surface area contributed by atoms with Crippen LogP contribution in [-0.2, 0) is 4.74 Å². The second kappa shape index (κ2) is 8.34. The molecule has 0 aliphatic heterocycles. The van der Waals surface area contributed by atoms with Gasteiger partial charge in [-0.05, 0) is 5.57 Å². The van der Waals surface area contributed by atoms with Gasteiger partial charge in [0.05, 0.1) is 28.1 Å². The van der Waals surface area contributed by atoms with Crippen LogP contribution in [0.4, 0.5) is 11.4 Å². The largest absolute Gasteiger partial charge is 0.462 e. The second-order valence-corrected chi connectivity index (χ2v) is 5.01. The summed E-state index contributed by atoms with van der Waals surface area (Å²) in [7, 11) is 0. The van der Waals surface area contributed by atoms with E-state index in [0.717, 1.165) is 23.8 Å². The fourth-order valence-corrected chi connectivity index (χ4v) is 2.04. The van der Waals surface area contributed by atoms with Crippen molar-refractivity contribution in [2.45, 2.75) is 6.42 Å². The summed E-state index contributed by atoms with van der Waals surface area (Å²) in [4.78, 5) is 32.1. The van der Waals surface area contributed by atoms with Crippen molar-refractivity contribution in [3.63, 3.8) is 0 Å².